The SMILES string of the molecule is C=C1C(=O)OC2CC(C)C3C(OCC)CC(=O)C3(C)C(OC(=O)CC(C)C)C12. The highest BCUT2D eigenvalue weighted by molar-refractivity contribution is 5.93. The average molecular weight is 392 g/mol. The van der Waals surface area contributed by atoms with Crippen LogP contribution in [0.4, 0.5) is 0 Å². The molecular weight excluding hydrogens is 360 g/mol. The number of fused-ring (bicyclic) bond motifs is 2. The fourth-order valence-corrected chi connectivity index (χ4v) is 5.61. The van der Waals surface area contributed by atoms with Crippen molar-refractivity contribution in [2.24, 2.45) is 29.1 Å². The number of ketones is 1. The molecule has 7 unspecified atom stereocenters. The summed E-state index contributed by atoms with van der Waals surface area (Å²) in [6, 6.07) is 0. The Kier molecular flexibility index (Phi) is 5.72. The molecule has 0 bridgehead atoms. The standard InChI is InChI=1S/C22H32O6/c1-7-26-15-10-16(23)22(6)19(15)12(4)9-14-18(13(5)21(25)27-14)20(22)28-17(24)8-11(2)3/h11-12,14-15,18-20H,5,7-10H2,1-4,6H3. The first-order chi connectivity index (χ1) is 13.1. The van der Waals surface area contributed by atoms with Crippen molar-refractivity contribution < 1.29 is 28.6 Å². The summed E-state index contributed by atoms with van der Waals surface area (Å²) >= 11 is 0. The normalized spacial score (nSPS) is 40.1. The van der Waals surface area contributed by atoms with Crippen LogP contribution in [-0.4, -0.2) is 42.6 Å². The quantitative estimate of drug-likeness (QED) is 0.528. The molecule has 1 saturated heterocycles. The van der Waals surface area contributed by atoms with E-state index < -0.39 is 29.5 Å². The molecule has 2 saturated carbocycles. The first kappa shape index (κ1) is 21.0. The molecule has 3 aliphatic rings. The van der Waals surface area contributed by atoms with Crippen LogP contribution < -0.4 is 0 Å². The number of esters is 2. The van der Waals surface area contributed by atoms with Crippen LogP contribution in [0.1, 0.15) is 53.9 Å². The summed E-state index contributed by atoms with van der Waals surface area (Å²) in [6.07, 6.45) is -0.248. The summed E-state index contributed by atoms with van der Waals surface area (Å²) in [5, 5.41) is 0. The number of carbonyl (C=O) groups excluding carboxylic acids is 3. The molecule has 3 fully saturated rings. The lowest BCUT2D eigenvalue weighted by molar-refractivity contribution is -0.167. The van der Waals surface area contributed by atoms with Crippen molar-refractivity contribution in [1.82, 2.24) is 0 Å². The van der Waals surface area contributed by atoms with Gasteiger partial charge in [0.1, 0.15) is 18.0 Å². The van der Waals surface area contributed by atoms with Crippen molar-refractivity contribution in [3.05, 3.63) is 12.2 Å². The summed E-state index contributed by atoms with van der Waals surface area (Å²) in [7, 11) is 0. The molecule has 1 aliphatic heterocycles. The van der Waals surface area contributed by atoms with E-state index in [-0.39, 0.29) is 42.0 Å². The lowest BCUT2D eigenvalue weighted by Crippen LogP contribution is -2.50. The molecular formula is C22H32O6. The zero-order chi connectivity index (χ0) is 20.8. The van der Waals surface area contributed by atoms with Crippen molar-refractivity contribution in [3.63, 3.8) is 0 Å². The molecule has 6 heteroatoms. The Bertz CT molecular complexity index is 683. The third kappa shape index (κ3) is 3.30. The fourth-order valence-electron chi connectivity index (χ4n) is 5.61. The van der Waals surface area contributed by atoms with Crippen LogP contribution in [0.15, 0.2) is 12.2 Å². The van der Waals surface area contributed by atoms with Crippen molar-refractivity contribution in [2.75, 3.05) is 6.61 Å². The minimum atomic E-state index is -0.928. The van der Waals surface area contributed by atoms with E-state index in [4.69, 9.17) is 14.2 Å². The Hall–Kier alpha value is -1.69. The minimum Gasteiger partial charge on any atom is -0.460 e. The van der Waals surface area contributed by atoms with E-state index in [2.05, 4.69) is 13.5 Å². The molecule has 0 aromatic carbocycles. The Morgan fingerprint density at radius 1 is 1.36 bits per heavy atom. The summed E-state index contributed by atoms with van der Waals surface area (Å²) < 4.78 is 17.5. The second kappa shape index (κ2) is 7.62. The predicted octanol–water partition coefficient (Wildman–Crippen LogP) is 3.08. The van der Waals surface area contributed by atoms with E-state index in [1.165, 1.54) is 0 Å². The molecule has 0 N–H and O–H groups in total. The van der Waals surface area contributed by atoms with E-state index in [0.717, 1.165) is 0 Å². The van der Waals surface area contributed by atoms with Gasteiger partial charge in [-0.2, -0.15) is 0 Å². The third-order valence-electron chi connectivity index (χ3n) is 6.75. The Morgan fingerprint density at radius 3 is 2.64 bits per heavy atom. The van der Waals surface area contributed by atoms with Crippen LogP contribution >= 0.6 is 0 Å². The van der Waals surface area contributed by atoms with Crippen molar-refractivity contribution >= 4 is 17.7 Å². The molecule has 0 aromatic heterocycles. The zero-order valence-electron chi connectivity index (χ0n) is 17.5. The number of hydrogen-bond donors (Lipinski definition) is 0. The molecule has 1 heterocycles. The first-order valence-electron chi connectivity index (χ1n) is 10.3. The van der Waals surface area contributed by atoms with Crippen LogP contribution in [0.25, 0.3) is 0 Å². The second-order valence-corrected chi connectivity index (χ2v) is 9.15. The lowest BCUT2D eigenvalue weighted by atomic mass is 9.67. The molecule has 156 valence electrons. The third-order valence-corrected chi connectivity index (χ3v) is 6.75. The van der Waals surface area contributed by atoms with Gasteiger partial charge in [-0.15, -0.1) is 0 Å². The van der Waals surface area contributed by atoms with Crippen molar-refractivity contribution in [2.45, 2.75) is 72.2 Å². The summed E-state index contributed by atoms with van der Waals surface area (Å²) in [4.78, 5) is 38.1. The van der Waals surface area contributed by atoms with Crippen LogP contribution in [0.5, 0.6) is 0 Å². The highest BCUT2D eigenvalue weighted by atomic mass is 16.6. The molecule has 0 amide bonds. The maximum absolute atomic E-state index is 13.3. The van der Waals surface area contributed by atoms with Crippen LogP contribution in [0.2, 0.25) is 0 Å². The van der Waals surface area contributed by atoms with Crippen LogP contribution in [0.3, 0.4) is 0 Å². The van der Waals surface area contributed by atoms with Gasteiger partial charge in [-0.3, -0.25) is 9.59 Å². The van der Waals surface area contributed by atoms with E-state index in [0.29, 0.717) is 25.0 Å². The summed E-state index contributed by atoms with van der Waals surface area (Å²) in [6.45, 7) is 14.2. The number of ether oxygens (including phenoxy) is 3. The Balaban J connectivity index is 2.06. The van der Waals surface area contributed by atoms with Crippen molar-refractivity contribution in [3.8, 4) is 0 Å². The smallest absolute Gasteiger partial charge is 0.334 e. The van der Waals surface area contributed by atoms with Gasteiger partial charge in [-0.1, -0.05) is 27.4 Å². The van der Waals surface area contributed by atoms with Gasteiger partial charge in [0.2, 0.25) is 0 Å². The molecule has 0 spiro atoms. The molecule has 7 atom stereocenters. The van der Waals surface area contributed by atoms with E-state index in [1.54, 1.807) is 0 Å². The van der Waals surface area contributed by atoms with E-state index in [1.807, 2.05) is 27.7 Å². The zero-order valence-corrected chi connectivity index (χ0v) is 17.5. The van der Waals surface area contributed by atoms with Crippen LogP contribution in [-0.2, 0) is 28.6 Å². The highest BCUT2D eigenvalue weighted by Crippen LogP contribution is 2.57. The number of rotatable bonds is 5. The molecule has 28 heavy (non-hydrogen) atoms. The van der Waals surface area contributed by atoms with Gasteiger partial charge in [-0.05, 0) is 32.1 Å². The summed E-state index contributed by atoms with van der Waals surface area (Å²) in [5.74, 6) is -1.17. The van der Waals surface area contributed by atoms with Gasteiger partial charge in [0.25, 0.3) is 0 Å². The highest BCUT2D eigenvalue weighted by Gasteiger charge is 2.66. The van der Waals surface area contributed by atoms with Gasteiger partial charge >= 0.3 is 11.9 Å². The van der Waals surface area contributed by atoms with Gasteiger partial charge in [-0.25, -0.2) is 4.79 Å². The number of Topliss-reactive ketones (excluding diaryl/α,β-unsaturated/α-hetero) is 1. The Labute approximate surface area is 167 Å². The number of hydrogen-bond acceptors (Lipinski definition) is 6. The minimum absolute atomic E-state index is 0.0259. The molecule has 3 rings (SSSR count). The maximum atomic E-state index is 13.3. The molecule has 0 radical (unpaired) electrons. The molecule has 2 aliphatic carbocycles. The average Bonchev–Trinajstić information content (AvgIpc) is 2.96. The largest absolute Gasteiger partial charge is 0.460 e. The molecule has 0 aromatic rings. The van der Waals surface area contributed by atoms with Gasteiger partial charge in [0, 0.05) is 30.9 Å². The molecule has 6 nitrogen and oxygen atoms in total. The lowest BCUT2D eigenvalue weighted by Gasteiger charge is -2.40. The summed E-state index contributed by atoms with van der Waals surface area (Å²) in [5.41, 5.74) is -0.628. The van der Waals surface area contributed by atoms with E-state index >= 15 is 0 Å². The van der Waals surface area contributed by atoms with E-state index in [9.17, 15) is 14.4 Å². The topological polar surface area (TPSA) is 78.9 Å². The van der Waals surface area contributed by atoms with Gasteiger partial charge < -0.3 is 14.2 Å². The second-order valence-electron chi connectivity index (χ2n) is 9.15. The van der Waals surface area contributed by atoms with Gasteiger partial charge in [0.05, 0.1) is 17.4 Å². The Morgan fingerprint density at radius 2 is 2.04 bits per heavy atom. The maximum Gasteiger partial charge on any atom is 0.334 e. The van der Waals surface area contributed by atoms with Gasteiger partial charge in [0.15, 0.2) is 0 Å². The monoisotopic (exact) mass is 392 g/mol. The predicted molar refractivity (Wildman–Crippen MR) is 102 cm³/mol. The van der Waals surface area contributed by atoms with Crippen LogP contribution in [0, 0.1) is 29.1 Å². The fraction of sp³-hybridized carbons (Fsp3) is 0.773. The van der Waals surface area contributed by atoms with Crippen molar-refractivity contribution in [1.29, 1.82) is 0 Å². The number of carbonyl (C=O) groups is 3. The first-order valence-corrected chi connectivity index (χ1v) is 10.3.